The third-order valence-electron chi connectivity index (χ3n) is 2.44. The van der Waals surface area contributed by atoms with Crippen molar-refractivity contribution in [1.82, 2.24) is 9.55 Å². The number of aromatic nitrogens is 2. The van der Waals surface area contributed by atoms with Crippen LogP contribution in [-0.2, 0) is 0 Å². The first kappa shape index (κ1) is 8.24. The molecular formula is C13H10N2. The molecule has 0 spiro atoms. The molecule has 2 aromatic rings. The first-order valence-electron chi connectivity index (χ1n) is 4.94. The van der Waals surface area contributed by atoms with E-state index >= 15 is 0 Å². The molecule has 0 saturated heterocycles. The lowest BCUT2D eigenvalue weighted by Gasteiger charge is -1.99. The smallest absolute Gasteiger partial charge is 0.137 e. The van der Waals surface area contributed by atoms with Gasteiger partial charge in [-0.3, -0.25) is 4.57 Å². The maximum atomic E-state index is 4.55. The van der Waals surface area contributed by atoms with Crippen molar-refractivity contribution in [3.63, 3.8) is 0 Å². The van der Waals surface area contributed by atoms with Crippen molar-refractivity contribution in [2.75, 3.05) is 0 Å². The second-order valence-electron chi connectivity index (χ2n) is 3.41. The minimum absolute atomic E-state index is 0.969. The van der Waals surface area contributed by atoms with Crippen molar-refractivity contribution >= 4 is 23.3 Å². The highest BCUT2D eigenvalue weighted by Gasteiger charge is 2.05. The fourth-order valence-corrected chi connectivity index (χ4v) is 1.74. The number of benzene rings is 1. The summed E-state index contributed by atoms with van der Waals surface area (Å²) in [7, 11) is 0. The molecule has 1 aromatic carbocycles. The lowest BCUT2D eigenvalue weighted by Crippen LogP contribution is -1.90. The molecule has 15 heavy (non-hydrogen) atoms. The summed E-state index contributed by atoms with van der Waals surface area (Å²) in [6.07, 6.45) is 12.1. The fraction of sp³-hybridized carbons (Fsp3) is 0. The predicted octanol–water partition coefficient (Wildman–Crippen LogP) is 3.09. The molecule has 1 aliphatic rings. The minimum atomic E-state index is 0.969. The zero-order valence-corrected chi connectivity index (χ0v) is 8.17. The van der Waals surface area contributed by atoms with Crippen LogP contribution in [0.25, 0.3) is 23.3 Å². The lowest BCUT2D eigenvalue weighted by atomic mass is 10.3. The van der Waals surface area contributed by atoms with E-state index in [-0.39, 0.29) is 0 Å². The van der Waals surface area contributed by atoms with Crippen molar-refractivity contribution < 1.29 is 0 Å². The predicted molar refractivity (Wildman–Crippen MR) is 63.2 cm³/mol. The molecule has 0 atom stereocenters. The van der Waals surface area contributed by atoms with E-state index in [1.54, 1.807) is 0 Å². The second-order valence-corrected chi connectivity index (χ2v) is 3.41. The molecule has 2 heteroatoms. The largest absolute Gasteiger partial charge is 0.300 e. The average Bonchev–Trinajstić information content (AvgIpc) is 2.55. The summed E-state index contributed by atoms with van der Waals surface area (Å²) in [6.45, 7) is 0. The number of fused-ring (bicyclic) bond motifs is 3. The summed E-state index contributed by atoms with van der Waals surface area (Å²) >= 11 is 0. The Balaban J connectivity index is 2.36. The molecule has 2 nitrogen and oxygen atoms in total. The summed E-state index contributed by atoms with van der Waals surface area (Å²) in [6, 6.07) is 8.15. The molecule has 0 radical (unpaired) electrons. The van der Waals surface area contributed by atoms with Crippen molar-refractivity contribution in [2.24, 2.45) is 0 Å². The van der Waals surface area contributed by atoms with Crippen LogP contribution in [0.15, 0.2) is 48.6 Å². The van der Waals surface area contributed by atoms with Crippen LogP contribution >= 0.6 is 0 Å². The third kappa shape index (κ3) is 1.31. The molecule has 0 unspecified atom stereocenters. The number of hydrogen-bond donors (Lipinski definition) is 0. The van der Waals surface area contributed by atoms with Gasteiger partial charge >= 0.3 is 0 Å². The molecule has 72 valence electrons. The SMILES string of the molecule is C1=C\C=C/n2c(nc3ccccc32)\C=C/1. The van der Waals surface area contributed by atoms with Crippen LogP contribution in [0.3, 0.4) is 0 Å². The zero-order chi connectivity index (χ0) is 10.1. The van der Waals surface area contributed by atoms with Crippen molar-refractivity contribution in [3.8, 4) is 0 Å². The number of nitrogens with zero attached hydrogens (tertiary/aromatic N) is 2. The number of para-hydroxylation sites is 2. The standard InChI is InChI=1S/C13H10N2/c1-2-6-10-15-12-8-5-4-7-11(12)14-13(15)9-3-1/h1-10H/b2-1-,9-3-,10-6-. The lowest BCUT2D eigenvalue weighted by molar-refractivity contribution is 1.14. The number of hydrogen-bond acceptors (Lipinski definition) is 1. The maximum absolute atomic E-state index is 4.55. The fourth-order valence-electron chi connectivity index (χ4n) is 1.74. The molecule has 3 rings (SSSR count). The van der Waals surface area contributed by atoms with E-state index < -0.39 is 0 Å². The number of allylic oxidation sites excluding steroid dienone is 4. The Hall–Kier alpha value is -2.09. The summed E-state index contributed by atoms with van der Waals surface area (Å²) < 4.78 is 2.09. The molecule has 1 aliphatic heterocycles. The summed E-state index contributed by atoms with van der Waals surface area (Å²) in [5.74, 6) is 0.969. The minimum Gasteiger partial charge on any atom is -0.300 e. The second kappa shape index (κ2) is 3.24. The summed E-state index contributed by atoms with van der Waals surface area (Å²) in [4.78, 5) is 4.55. The maximum Gasteiger partial charge on any atom is 0.137 e. The van der Waals surface area contributed by atoms with Gasteiger partial charge in [-0.25, -0.2) is 4.98 Å². The molecule has 1 aromatic heterocycles. The molecule has 2 heterocycles. The average molecular weight is 194 g/mol. The molecule has 0 amide bonds. The van der Waals surface area contributed by atoms with Gasteiger partial charge in [-0.2, -0.15) is 0 Å². The molecule has 0 saturated carbocycles. The summed E-state index contributed by atoms with van der Waals surface area (Å²) in [5.41, 5.74) is 2.17. The Morgan fingerprint density at radius 3 is 2.80 bits per heavy atom. The first-order chi connectivity index (χ1) is 7.45. The van der Waals surface area contributed by atoms with Gasteiger partial charge in [-0.15, -0.1) is 0 Å². The van der Waals surface area contributed by atoms with Crippen molar-refractivity contribution in [2.45, 2.75) is 0 Å². The van der Waals surface area contributed by atoms with Crippen LogP contribution in [0.1, 0.15) is 5.82 Å². The first-order valence-corrected chi connectivity index (χ1v) is 4.94. The molecular weight excluding hydrogens is 184 g/mol. The Morgan fingerprint density at radius 2 is 1.80 bits per heavy atom. The van der Waals surface area contributed by atoms with Crippen LogP contribution in [0.2, 0.25) is 0 Å². The van der Waals surface area contributed by atoms with Gasteiger partial charge in [0.25, 0.3) is 0 Å². The van der Waals surface area contributed by atoms with Gasteiger partial charge in [0.05, 0.1) is 11.0 Å². The van der Waals surface area contributed by atoms with E-state index in [2.05, 4.69) is 15.6 Å². The highest BCUT2D eigenvalue weighted by atomic mass is 15.1. The highest BCUT2D eigenvalue weighted by molar-refractivity contribution is 5.80. The van der Waals surface area contributed by atoms with Gasteiger partial charge in [0.2, 0.25) is 0 Å². The normalized spacial score (nSPS) is 20.3. The summed E-state index contributed by atoms with van der Waals surface area (Å²) in [5, 5.41) is 0. The molecule has 0 aliphatic carbocycles. The van der Waals surface area contributed by atoms with Gasteiger partial charge in [0.1, 0.15) is 5.82 Å². The third-order valence-corrected chi connectivity index (χ3v) is 2.44. The zero-order valence-electron chi connectivity index (χ0n) is 8.17. The monoisotopic (exact) mass is 194 g/mol. The Bertz CT molecular complexity index is 586. The van der Waals surface area contributed by atoms with Crippen LogP contribution in [0.4, 0.5) is 0 Å². The highest BCUT2D eigenvalue weighted by Crippen LogP contribution is 2.18. The van der Waals surface area contributed by atoms with Crippen LogP contribution in [0, 0.1) is 0 Å². The van der Waals surface area contributed by atoms with E-state index in [9.17, 15) is 0 Å². The van der Waals surface area contributed by atoms with Crippen molar-refractivity contribution in [1.29, 1.82) is 0 Å². The number of rotatable bonds is 0. The van der Waals surface area contributed by atoms with Crippen LogP contribution in [-0.4, -0.2) is 9.55 Å². The van der Waals surface area contributed by atoms with E-state index in [0.717, 1.165) is 16.9 Å². The molecule has 0 bridgehead atoms. The van der Waals surface area contributed by atoms with Gasteiger partial charge in [-0.1, -0.05) is 30.4 Å². The number of imidazole rings is 1. The quantitative estimate of drug-likeness (QED) is 0.630. The Labute approximate surface area is 87.9 Å². The van der Waals surface area contributed by atoms with Crippen LogP contribution < -0.4 is 0 Å². The van der Waals surface area contributed by atoms with E-state index in [1.807, 2.05) is 54.8 Å². The molecule has 0 fully saturated rings. The van der Waals surface area contributed by atoms with E-state index in [1.165, 1.54) is 0 Å². The Kier molecular flexibility index (Phi) is 1.78. The Morgan fingerprint density at radius 1 is 0.933 bits per heavy atom. The van der Waals surface area contributed by atoms with Gasteiger partial charge in [0.15, 0.2) is 0 Å². The van der Waals surface area contributed by atoms with Crippen LogP contribution in [0.5, 0.6) is 0 Å². The van der Waals surface area contributed by atoms with Gasteiger partial charge < -0.3 is 0 Å². The van der Waals surface area contributed by atoms with Crippen molar-refractivity contribution in [3.05, 3.63) is 54.4 Å². The topological polar surface area (TPSA) is 17.8 Å². The van der Waals surface area contributed by atoms with E-state index in [4.69, 9.17) is 0 Å². The van der Waals surface area contributed by atoms with Gasteiger partial charge in [0, 0.05) is 6.20 Å². The van der Waals surface area contributed by atoms with Gasteiger partial charge in [-0.05, 0) is 24.3 Å². The molecule has 0 N–H and O–H groups in total. The van der Waals surface area contributed by atoms with E-state index in [0.29, 0.717) is 0 Å².